The molecule has 0 fully saturated rings. The number of carbonyl (C=O) groups excluding carboxylic acids is 4. The van der Waals surface area contributed by atoms with E-state index in [-0.39, 0.29) is 28.1 Å². The van der Waals surface area contributed by atoms with Crippen molar-refractivity contribution < 1.29 is 33.4 Å². The number of aliphatic hydroxyl groups is 1. The smallest absolute Gasteiger partial charge is 0.422 e. The molecule has 43 heavy (non-hydrogen) atoms. The molecule has 12 nitrogen and oxygen atoms in total. The van der Waals surface area contributed by atoms with Crippen LogP contribution < -0.4 is 32.5 Å². The van der Waals surface area contributed by atoms with Crippen molar-refractivity contribution in [3.8, 4) is 0 Å². The SMILES string of the molecule is C=C/C=c1/cc(NC(=O)[C@H](O)[C@@H](NC(=O)c2ccc(N)cc2)c2ccco2)cc/c1=C(/N)N(C(C)=O)C(=O)OC(C)(C)C. The molecule has 0 aliphatic carbocycles. The highest BCUT2D eigenvalue weighted by Gasteiger charge is 2.32. The number of nitrogen functional groups attached to an aromatic ring is 1. The van der Waals surface area contributed by atoms with Gasteiger partial charge in [0.2, 0.25) is 5.91 Å². The lowest BCUT2D eigenvalue weighted by molar-refractivity contribution is -0.126. The molecule has 7 N–H and O–H groups in total. The zero-order chi connectivity index (χ0) is 31.9. The maximum atomic E-state index is 13.2. The quantitative estimate of drug-likeness (QED) is 0.245. The molecule has 0 aliphatic rings. The number of benzene rings is 2. The number of furan rings is 1. The number of nitrogens with two attached hydrogens (primary N) is 2. The summed E-state index contributed by atoms with van der Waals surface area (Å²) in [7, 11) is 0. The van der Waals surface area contributed by atoms with E-state index >= 15 is 0 Å². The molecule has 3 rings (SSSR count). The summed E-state index contributed by atoms with van der Waals surface area (Å²) in [6, 6.07) is 12.4. The van der Waals surface area contributed by atoms with Gasteiger partial charge in [-0.05, 0) is 80.6 Å². The van der Waals surface area contributed by atoms with Crippen LogP contribution in [0.15, 0.2) is 77.9 Å². The minimum absolute atomic E-state index is 0.149. The van der Waals surface area contributed by atoms with Crippen LogP contribution in [0.1, 0.15) is 49.9 Å². The summed E-state index contributed by atoms with van der Waals surface area (Å²) in [6.07, 6.45) is 1.64. The predicted molar refractivity (Wildman–Crippen MR) is 161 cm³/mol. The second-order valence-electron chi connectivity index (χ2n) is 10.4. The molecule has 3 aromatic rings. The predicted octanol–water partition coefficient (Wildman–Crippen LogP) is 2.11. The van der Waals surface area contributed by atoms with Crippen molar-refractivity contribution >= 4 is 47.1 Å². The molecular weight excluding hydrogens is 554 g/mol. The number of hydrogen-bond acceptors (Lipinski definition) is 9. The van der Waals surface area contributed by atoms with Crippen molar-refractivity contribution in [1.29, 1.82) is 0 Å². The number of rotatable bonds is 8. The van der Waals surface area contributed by atoms with Crippen molar-refractivity contribution in [1.82, 2.24) is 10.2 Å². The summed E-state index contributed by atoms with van der Waals surface area (Å²) in [5.74, 6) is -2.13. The first-order chi connectivity index (χ1) is 20.2. The van der Waals surface area contributed by atoms with E-state index in [0.717, 1.165) is 0 Å². The fourth-order valence-corrected chi connectivity index (χ4v) is 3.96. The molecule has 0 radical (unpaired) electrons. The number of aliphatic hydroxyl groups excluding tert-OH is 1. The van der Waals surface area contributed by atoms with Gasteiger partial charge in [0, 0.05) is 29.1 Å². The first-order valence-corrected chi connectivity index (χ1v) is 13.2. The minimum atomic E-state index is -1.77. The van der Waals surface area contributed by atoms with Gasteiger partial charge in [-0.2, -0.15) is 0 Å². The van der Waals surface area contributed by atoms with Crippen molar-refractivity contribution in [2.45, 2.75) is 45.4 Å². The summed E-state index contributed by atoms with van der Waals surface area (Å²) in [5.41, 5.74) is 12.1. The average Bonchev–Trinajstić information content (AvgIpc) is 3.45. The first kappa shape index (κ1) is 32.2. The van der Waals surface area contributed by atoms with Gasteiger partial charge in [0.25, 0.3) is 11.8 Å². The number of imide groups is 1. The lowest BCUT2D eigenvalue weighted by atomic mass is 10.1. The third-order valence-electron chi connectivity index (χ3n) is 5.92. The highest BCUT2D eigenvalue weighted by Crippen LogP contribution is 2.20. The highest BCUT2D eigenvalue weighted by molar-refractivity contribution is 5.98. The summed E-state index contributed by atoms with van der Waals surface area (Å²) in [5, 5.41) is 16.9. The standard InChI is InChI=1S/C31H35N5O7/c1-6-8-20-17-22(14-15-23(20)27(33)36(18(2)37)30(41)43-31(3,4)5)34-29(40)26(38)25(24-9-7-16-42-24)35-28(39)19-10-12-21(32)13-11-19/h6-17,25-26,38H,1,32-33H2,2-5H3,(H,34,40)(H,35,39)/b20-8-,27-23+/t25-,26+/m0/s1. The molecule has 0 bridgehead atoms. The third-order valence-corrected chi connectivity index (χ3v) is 5.92. The Kier molecular flexibility index (Phi) is 10.1. The highest BCUT2D eigenvalue weighted by atomic mass is 16.6. The van der Waals surface area contributed by atoms with Crippen LogP contribution in [0.3, 0.4) is 0 Å². The van der Waals surface area contributed by atoms with Gasteiger partial charge in [-0.3, -0.25) is 14.4 Å². The van der Waals surface area contributed by atoms with Gasteiger partial charge in [0.05, 0.1) is 6.26 Å². The monoisotopic (exact) mass is 589 g/mol. The number of hydrogen-bond donors (Lipinski definition) is 5. The number of nitrogens with zero attached hydrogens (tertiary/aromatic N) is 1. The molecule has 0 saturated carbocycles. The largest absolute Gasteiger partial charge is 0.467 e. The Morgan fingerprint density at radius 2 is 1.77 bits per heavy atom. The zero-order valence-electron chi connectivity index (χ0n) is 24.3. The van der Waals surface area contributed by atoms with E-state index in [9.17, 15) is 24.3 Å². The molecule has 0 saturated heterocycles. The van der Waals surface area contributed by atoms with Gasteiger partial charge in [0.15, 0.2) is 6.10 Å². The second-order valence-corrected chi connectivity index (χ2v) is 10.4. The van der Waals surface area contributed by atoms with Gasteiger partial charge in [-0.15, -0.1) is 0 Å². The molecule has 2 atom stereocenters. The van der Waals surface area contributed by atoms with Crippen molar-refractivity contribution in [3.05, 3.63) is 95.3 Å². The summed E-state index contributed by atoms with van der Waals surface area (Å²) in [4.78, 5) is 51.8. The first-order valence-electron chi connectivity index (χ1n) is 13.2. The van der Waals surface area contributed by atoms with Gasteiger partial charge >= 0.3 is 6.09 Å². The number of allylic oxidation sites excluding steroid dienone is 1. The summed E-state index contributed by atoms with van der Waals surface area (Å²) in [6.45, 7) is 9.82. The maximum absolute atomic E-state index is 13.2. The van der Waals surface area contributed by atoms with Crippen LogP contribution in [0.4, 0.5) is 16.2 Å². The molecule has 0 unspecified atom stereocenters. The number of anilines is 2. The Morgan fingerprint density at radius 3 is 2.33 bits per heavy atom. The lowest BCUT2D eigenvalue weighted by Crippen LogP contribution is -2.46. The van der Waals surface area contributed by atoms with Gasteiger partial charge in [0.1, 0.15) is 23.2 Å². The molecule has 12 heteroatoms. The van der Waals surface area contributed by atoms with Crippen LogP contribution in [-0.2, 0) is 14.3 Å². The molecule has 4 amide bonds. The van der Waals surface area contributed by atoms with E-state index in [1.807, 2.05) is 0 Å². The van der Waals surface area contributed by atoms with E-state index < -0.39 is 41.6 Å². The number of amides is 4. The Morgan fingerprint density at radius 1 is 1.09 bits per heavy atom. The summed E-state index contributed by atoms with van der Waals surface area (Å²) < 4.78 is 10.7. The van der Waals surface area contributed by atoms with Crippen molar-refractivity contribution in [2.75, 3.05) is 11.1 Å². The van der Waals surface area contributed by atoms with Gasteiger partial charge in [-0.1, -0.05) is 18.7 Å². The van der Waals surface area contributed by atoms with Crippen LogP contribution in [-0.4, -0.2) is 45.5 Å². The Balaban J connectivity index is 1.92. The third kappa shape index (κ3) is 8.33. The minimum Gasteiger partial charge on any atom is -0.467 e. The van der Waals surface area contributed by atoms with Crippen LogP contribution in [0.5, 0.6) is 0 Å². The van der Waals surface area contributed by atoms with Crippen molar-refractivity contribution in [2.24, 2.45) is 5.73 Å². The molecule has 0 aliphatic heterocycles. The van der Waals surface area contributed by atoms with Gasteiger partial charge < -0.3 is 36.4 Å². The number of carbonyl (C=O) groups is 4. The van der Waals surface area contributed by atoms with Crippen LogP contribution >= 0.6 is 0 Å². The van der Waals surface area contributed by atoms with E-state index in [1.54, 1.807) is 45.0 Å². The molecule has 1 heterocycles. The Hall–Kier alpha value is -5.36. The molecular formula is C31H35N5O7. The average molecular weight is 590 g/mol. The topological polar surface area (TPSA) is 190 Å². The molecule has 226 valence electrons. The Bertz CT molecular complexity index is 1620. The van der Waals surface area contributed by atoms with Crippen LogP contribution in [0, 0.1) is 0 Å². The number of ether oxygens (including phenoxy) is 1. The second kappa shape index (κ2) is 13.5. The van der Waals surface area contributed by atoms with Crippen LogP contribution in [0.2, 0.25) is 0 Å². The normalized spacial score (nSPS) is 13.7. The molecule has 0 spiro atoms. The number of nitrogens with one attached hydrogen (secondary N) is 2. The van der Waals surface area contributed by atoms with Crippen LogP contribution in [0.25, 0.3) is 11.9 Å². The van der Waals surface area contributed by atoms with E-state index in [0.29, 0.717) is 15.8 Å². The fraction of sp³-hybridized carbons (Fsp3) is 0.226. The Labute approximate surface area is 248 Å². The molecule has 2 aromatic carbocycles. The molecule has 1 aromatic heterocycles. The fourth-order valence-electron chi connectivity index (χ4n) is 3.96. The maximum Gasteiger partial charge on any atom is 0.422 e. The van der Waals surface area contributed by atoms with E-state index in [1.165, 1.54) is 55.7 Å². The van der Waals surface area contributed by atoms with E-state index in [4.69, 9.17) is 20.6 Å². The van der Waals surface area contributed by atoms with E-state index in [2.05, 4.69) is 17.2 Å². The summed E-state index contributed by atoms with van der Waals surface area (Å²) >= 11 is 0. The van der Waals surface area contributed by atoms with Crippen molar-refractivity contribution in [3.63, 3.8) is 0 Å². The van der Waals surface area contributed by atoms with Gasteiger partial charge in [-0.25, -0.2) is 9.69 Å². The lowest BCUT2D eigenvalue weighted by Gasteiger charge is -2.25. The zero-order valence-corrected chi connectivity index (χ0v) is 24.3.